The molecule has 2 aromatic rings. The second-order valence-electron chi connectivity index (χ2n) is 6.57. The maximum Gasteiger partial charge on any atom is 0.251 e. The number of carbonyl (C=O) groups is 2. The van der Waals surface area contributed by atoms with Gasteiger partial charge in [0.05, 0.1) is 6.54 Å². The Bertz CT molecular complexity index is 785. The molecule has 138 valence electrons. The second-order valence-corrected chi connectivity index (χ2v) is 6.57. The van der Waals surface area contributed by atoms with Crippen LogP contribution in [0.15, 0.2) is 42.5 Å². The van der Waals surface area contributed by atoms with E-state index in [9.17, 15) is 9.59 Å². The molecule has 0 saturated carbocycles. The molecule has 5 nitrogen and oxygen atoms in total. The summed E-state index contributed by atoms with van der Waals surface area (Å²) < 4.78 is 0. The molecule has 3 N–H and O–H groups in total. The van der Waals surface area contributed by atoms with Crippen LogP contribution in [0.1, 0.15) is 42.3 Å². The maximum atomic E-state index is 12.3. The van der Waals surface area contributed by atoms with Crippen molar-refractivity contribution in [3.8, 4) is 0 Å². The molecule has 0 aliphatic rings. The van der Waals surface area contributed by atoms with Crippen LogP contribution in [0.2, 0.25) is 0 Å². The first kappa shape index (κ1) is 19.5. The highest BCUT2D eigenvalue weighted by Gasteiger charge is 2.10. The number of hydrogen-bond donors (Lipinski definition) is 3. The third kappa shape index (κ3) is 5.34. The molecule has 0 radical (unpaired) electrons. The number of aryl methyl sites for hydroxylation is 2. The average Bonchev–Trinajstić information content (AvgIpc) is 2.61. The van der Waals surface area contributed by atoms with Gasteiger partial charge < -0.3 is 16.0 Å². The average molecular weight is 353 g/mol. The minimum absolute atomic E-state index is 0.0757. The van der Waals surface area contributed by atoms with E-state index in [0.717, 1.165) is 28.9 Å². The number of benzene rings is 2. The molecule has 0 heterocycles. The summed E-state index contributed by atoms with van der Waals surface area (Å²) in [5, 5.41) is 8.92. The largest absolute Gasteiger partial charge is 0.376 e. The zero-order chi connectivity index (χ0) is 19.1. The zero-order valence-electron chi connectivity index (χ0n) is 15.8. The molecular formula is C21H27N3O2. The summed E-state index contributed by atoms with van der Waals surface area (Å²) in [4.78, 5) is 24.4. The Balaban J connectivity index is 1.99. The van der Waals surface area contributed by atoms with Crippen molar-refractivity contribution < 1.29 is 9.59 Å². The van der Waals surface area contributed by atoms with Gasteiger partial charge in [-0.2, -0.15) is 0 Å². The van der Waals surface area contributed by atoms with Crippen LogP contribution in [0.5, 0.6) is 0 Å². The number of carbonyl (C=O) groups excluding carboxylic acids is 2. The molecule has 0 saturated heterocycles. The minimum atomic E-state index is -0.124. The molecule has 5 heteroatoms. The standard InChI is InChI=1S/C21H27N3O2/c1-5-16-9-6-8-15(4)20(16)24-19(25)13-22-18-11-7-10-17(12-18)21(26)23-14(2)3/h6-12,14,22H,5,13H2,1-4H3,(H,23,26)(H,24,25). The van der Waals surface area contributed by atoms with Crippen molar-refractivity contribution in [1.82, 2.24) is 5.32 Å². The SMILES string of the molecule is CCc1cccc(C)c1NC(=O)CNc1cccc(C(=O)NC(C)C)c1. The van der Waals surface area contributed by atoms with Crippen LogP contribution in [0, 0.1) is 6.92 Å². The van der Waals surface area contributed by atoms with Gasteiger partial charge in [0.2, 0.25) is 5.91 Å². The fraction of sp³-hybridized carbons (Fsp3) is 0.333. The van der Waals surface area contributed by atoms with Crippen molar-refractivity contribution in [2.24, 2.45) is 0 Å². The third-order valence-corrected chi connectivity index (χ3v) is 4.00. The molecule has 2 aromatic carbocycles. The van der Waals surface area contributed by atoms with Crippen molar-refractivity contribution in [3.63, 3.8) is 0 Å². The van der Waals surface area contributed by atoms with Gasteiger partial charge in [-0.3, -0.25) is 9.59 Å². The second kappa shape index (κ2) is 9.04. The maximum absolute atomic E-state index is 12.3. The molecule has 2 amide bonds. The highest BCUT2D eigenvalue weighted by molar-refractivity contribution is 5.96. The summed E-state index contributed by atoms with van der Waals surface area (Å²) >= 11 is 0. The molecule has 0 aliphatic carbocycles. The van der Waals surface area contributed by atoms with E-state index in [4.69, 9.17) is 0 Å². The number of hydrogen-bond acceptors (Lipinski definition) is 3. The molecule has 0 unspecified atom stereocenters. The summed E-state index contributed by atoms with van der Waals surface area (Å²) in [6.45, 7) is 8.02. The lowest BCUT2D eigenvalue weighted by Gasteiger charge is -2.14. The topological polar surface area (TPSA) is 70.2 Å². The van der Waals surface area contributed by atoms with Crippen molar-refractivity contribution in [2.75, 3.05) is 17.2 Å². The molecule has 0 aliphatic heterocycles. The van der Waals surface area contributed by atoms with E-state index >= 15 is 0 Å². The van der Waals surface area contributed by atoms with Crippen LogP contribution in [-0.2, 0) is 11.2 Å². The Morgan fingerprint density at radius 3 is 2.50 bits per heavy atom. The van der Waals surface area contributed by atoms with E-state index in [1.165, 1.54) is 0 Å². The van der Waals surface area contributed by atoms with Crippen molar-refractivity contribution >= 4 is 23.2 Å². The van der Waals surface area contributed by atoms with Gasteiger partial charge in [0, 0.05) is 23.0 Å². The summed E-state index contributed by atoms with van der Waals surface area (Å²) in [6, 6.07) is 13.2. The first-order valence-electron chi connectivity index (χ1n) is 8.93. The first-order chi connectivity index (χ1) is 12.4. The van der Waals surface area contributed by atoms with E-state index in [-0.39, 0.29) is 24.4 Å². The Morgan fingerprint density at radius 2 is 1.81 bits per heavy atom. The monoisotopic (exact) mass is 353 g/mol. The third-order valence-electron chi connectivity index (χ3n) is 4.00. The van der Waals surface area contributed by atoms with Crippen LogP contribution >= 0.6 is 0 Å². The molecule has 26 heavy (non-hydrogen) atoms. The number of amides is 2. The van der Waals surface area contributed by atoms with Crippen LogP contribution in [-0.4, -0.2) is 24.4 Å². The Kier molecular flexibility index (Phi) is 6.78. The van der Waals surface area contributed by atoms with Crippen molar-refractivity contribution in [2.45, 2.75) is 40.2 Å². The number of rotatable bonds is 7. The fourth-order valence-electron chi connectivity index (χ4n) is 2.68. The van der Waals surface area contributed by atoms with E-state index < -0.39 is 0 Å². The molecule has 0 spiro atoms. The van der Waals surface area contributed by atoms with Gasteiger partial charge in [-0.25, -0.2) is 0 Å². The highest BCUT2D eigenvalue weighted by atomic mass is 16.2. The summed E-state index contributed by atoms with van der Waals surface area (Å²) in [5.74, 6) is -0.244. The molecular weight excluding hydrogens is 326 g/mol. The minimum Gasteiger partial charge on any atom is -0.376 e. The van der Waals surface area contributed by atoms with Gasteiger partial charge >= 0.3 is 0 Å². The van der Waals surface area contributed by atoms with Crippen molar-refractivity contribution in [1.29, 1.82) is 0 Å². The normalized spacial score (nSPS) is 10.5. The molecule has 0 fully saturated rings. The molecule has 2 rings (SSSR count). The number of anilines is 2. The quantitative estimate of drug-likeness (QED) is 0.710. The Hall–Kier alpha value is -2.82. The van der Waals surface area contributed by atoms with E-state index in [1.54, 1.807) is 18.2 Å². The lowest BCUT2D eigenvalue weighted by molar-refractivity contribution is -0.114. The van der Waals surface area contributed by atoms with Gasteiger partial charge in [0.25, 0.3) is 5.91 Å². The molecule has 0 aromatic heterocycles. The van der Waals surface area contributed by atoms with Crippen LogP contribution in [0.4, 0.5) is 11.4 Å². The van der Waals surface area contributed by atoms with Gasteiger partial charge in [0.15, 0.2) is 0 Å². The van der Waals surface area contributed by atoms with E-state index in [1.807, 2.05) is 45.0 Å². The lowest BCUT2D eigenvalue weighted by atomic mass is 10.1. The molecule has 0 bridgehead atoms. The molecule has 0 atom stereocenters. The number of para-hydroxylation sites is 1. The lowest BCUT2D eigenvalue weighted by Crippen LogP contribution is -2.30. The van der Waals surface area contributed by atoms with Gasteiger partial charge in [0.1, 0.15) is 0 Å². The van der Waals surface area contributed by atoms with Gasteiger partial charge in [-0.05, 0) is 56.5 Å². The Morgan fingerprint density at radius 1 is 1.08 bits per heavy atom. The van der Waals surface area contributed by atoms with Crippen LogP contribution in [0.25, 0.3) is 0 Å². The summed E-state index contributed by atoms with van der Waals surface area (Å²) in [5.41, 5.74) is 4.34. The van der Waals surface area contributed by atoms with Crippen molar-refractivity contribution in [3.05, 3.63) is 59.2 Å². The Labute approximate surface area is 155 Å². The summed E-state index contributed by atoms with van der Waals surface area (Å²) in [6.07, 6.45) is 0.859. The smallest absolute Gasteiger partial charge is 0.251 e. The predicted octanol–water partition coefficient (Wildman–Crippen LogP) is 3.75. The van der Waals surface area contributed by atoms with Gasteiger partial charge in [-0.1, -0.05) is 31.2 Å². The first-order valence-corrected chi connectivity index (χ1v) is 8.93. The van der Waals surface area contributed by atoms with Gasteiger partial charge in [-0.15, -0.1) is 0 Å². The van der Waals surface area contributed by atoms with Crippen LogP contribution in [0.3, 0.4) is 0 Å². The zero-order valence-corrected chi connectivity index (χ0v) is 15.8. The van der Waals surface area contributed by atoms with Crippen LogP contribution < -0.4 is 16.0 Å². The fourth-order valence-corrected chi connectivity index (χ4v) is 2.68. The number of nitrogens with one attached hydrogen (secondary N) is 3. The van der Waals surface area contributed by atoms with E-state index in [2.05, 4.69) is 22.9 Å². The van der Waals surface area contributed by atoms with E-state index in [0.29, 0.717) is 5.56 Å². The predicted molar refractivity (Wildman–Crippen MR) is 107 cm³/mol. The summed E-state index contributed by atoms with van der Waals surface area (Å²) in [7, 11) is 0. The highest BCUT2D eigenvalue weighted by Crippen LogP contribution is 2.21.